The highest BCUT2D eigenvalue weighted by atomic mass is 16.3. The highest BCUT2D eigenvalue weighted by molar-refractivity contribution is 5.44. The van der Waals surface area contributed by atoms with E-state index in [1.54, 1.807) is 18.2 Å². The van der Waals surface area contributed by atoms with Crippen molar-refractivity contribution >= 4 is 0 Å². The first-order valence-corrected chi connectivity index (χ1v) is 4.84. The maximum Gasteiger partial charge on any atom is 0.124 e. The van der Waals surface area contributed by atoms with Crippen LogP contribution in [0.15, 0.2) is 18.2 Å². The minimum Gasteiger partial charge on any atom is -0.507 e. The predicted octanol–water partition coefficient (Wildman–Crippen LogP) is 1.77. The number of terminal acetylenes is 1. The molecular formula is C12H15NO2. The van der Waals surface area contributed by atoms with Gasteiger partial charge in [0.15, 0.2) is 0 Å². The number of benzene rings is 1. The molecule has 1 atom stereocenters. The lowest BCUT2D eigenvalue weighted by Gasteiger charge is -2.16. The minimum absolute atomic E-state index is 0.0932. The Morgan fingerprint density at radius 3 is 2.53 bits per heavy atom. The van der Waals surface area contributed by atoms with Gasteiger partial charge in [0.05, 0.1) is 5.56 Å². The van der Waals surface area contributed by atoms with E-state index in [4.69, 9.17) is 6.42 Å². The smallest absolute Gasteiger partial charge is 0.124 e. The highest BCUT2D eigenvalue weighted by Crippen LogP contribution is 2.31. The Morgan fingerprint density at radius 1 is 1.40 bits per heavy atom. The van der Waals surface area contributed by atoms with Gasteiger partial charge in [-0.25, -0.2) is 0 Å². The second kappa shape index (κ2) is 5.28. The zero-order valence-corrected chi connectivity index (χ0v) is 8.70. The molecule has 1 rings (SSSR count). The Kier molecular flexibility index (Phi) is 4.02. The largest absolute Gasteiger partial charge is 0.507 e. The molecule has 1 aromatic carbocycles. The molecule has 15 heavy (non-hydrogen) atoms. The molecule has 0 saturated carbocycles. The van der Waals surface area contributed by atoms with Gasteiger partial charge in [-0.15, -0.1) is 12.3 Å². The average molecular weight is 205 g/mol. The molecule has 0 aliphatic heterocycles. The first-order chi connectivity index (χ1) is 7.16. The fraction of sp³-hybridized carbons (Fsp3) is 0.333. The molecule has 0 aromatic heterocycles. The number of phenols is 2. The van der Waals surface area contributed by atoms with E-state index < -0.39 is 0 Å². The van der Waals surface area contributed by atoms with Crippen molar-refractivity contribution in [3.8, 4) is 23.8 Å². The Labute approximate surface area is 89.8 Å². The van der Waals surface area contributed by atoms with Gasteiger partial charge >= 0.3 is 0 Å². The molecule has 0 heterocycles. The lowest BCUT2D eigenvalue weighted by atomic mass is 10.1. The van der Waals surface area contributed by atoms with Crippen LogP contribution in [-0.2, 0) is 0 Å². The van der Waals surface area contributed by atoms with Gasteiger partial charge in [-0.05, 0) is 19.1 Å². The van der Waals surface area contributed by atoms with Gasteiger partial charge in [0, 0.05) is 19.0 Å². The summed E-state index contributed by atoms with van der Waals surface area (Å²) in [6.45, 7) is 2.52. The molecule has 1 unspecified atom stereocenters. The number of aromatic hydroxyl groups is 2. The first kappa shape index (κ1) is 11.4. The molecule has 80 valence electrons. The van der Waals surface area contributed by atoms with Crippen molar-refractivity contribution in [2.24, 2.45) is 0 Å². The SMILES string of the molecule is C#CCCNC(C)c1c(O)cccc1O. The fourth-order valence-corrected chi connectivity index (χ4v) is 1.45. The van der Waals surface area contributed by atoms with Crippen LogP contribution in [0.2, 0.25) is 0 Å². The Hall–Kier alpha value is -1.66. The van der Waals surface area contributed by atoms with E-state index in [0.29, 0.717) is 18.5 Å². The van der Waals surface area contributed by atoms with Gasteiger partial charge < -0.3 is 15.5 Å². The van der Waals surface area contributed by atoms with Gasteiger partial charge in [0.1, 0.15) is 11.5 Å². The van der Waals surface area contributed by atoms with E-state index in [9.17, 15) is 10.2 Å². The summed E-state index contributed by atoms with van der Waals surface area (Å²) >= 11 is 0. The number of nitrogens with one attached hydrogen (secondary N) is 1. The molecule has 0 saturated heterocycles. The quantitative estimate of drug-likeness (QED) is 0.518. The van der Waals surface area contributed by atoms with E-state index in [1.165, 1.54) is 0 Å². The second-order valence-corrected chi connectivity index (χ2v) is 3.34. The molecule has 0 aliphatic carbocycles. The number of hydrogen-bond acceptors (Lipinski definition) is 3. The summed E-state index contributed by atoms with van der Waals surface area (Å²) < 4.78 is 0. The van der Waals surface area contributed by atoms with Crippen LogP contribution < -0.4 is 5.32 Å². The van der Waals surface area contributed by atoms with Crippen molar-refractivity contribution in [3.63, 3.8) is 0 Å². The van der Waals surface area contributed by atoms with Crippen molar-refractivity contribution in [1.82, 2.24) is 5.32 Å². The molecule has 3 N–H and O–H groups in total. The van der Waals surface area contributed by atoms with E-state index in [2.05, 4.69) is 11.2 Å². The standard InChI is InChI=1S/C12H15NO2/c1-3-4-8-13-9(2)12-10(14)6-5-7-11(12)15/h1,5-7,9,13-15H,4,8H2,2H3. The maximum absolute atomic E-state index is 9.58. The predicted molar refractivity (Wildman–Crippen MR) is 59.6 cm³/mol. The molecule has 0 fully saturated rings. The summed E-state index contributed by atoms with van der Waals surface area (Å²) in [5.41, 5.74) is 0.509. The van der Waals surface area contributed by atoms with Crippen molar-refractivity contribution in [1.29, 1.82) is 0 Å². The summed E-state index contributed by atoms with van der Waals surface area (Å²) in [5.74, 6) is 2.70. The highest BCUT2D eigenvalue weighted by Gasteiger charge is 2.13. The normalized spacial score (nSPS) is 12.0. The van der Waals surface area contributed by atoms with Crippen LogP contribution in [0.1, 0.15) is 24.9 Å². The monoisotopic (exact) mass is 205 g/mol. The minimum atomic E-state index is -0.125. The van der Waals surface area contributed by atoms with Crippen molar-refractivity contribution in [3.05, 3.63) is 23.8 Å². The zero-order chi connectivity index (χ0) is 11.3. The molecular weight excluding hydrogens is 190 g/mol. The summed E-state index contributed by atoms with van der Waals surface area (Å²) in [7, 11) is 0. The summed E-state index contributed by atoms with van der Waals surface area (Å²) in [6, 6.07) is 4.57. The van der Waals surface area contributed by atoms with Gasteiger partial charge in [0.2, 0.25) is 0 Å². The van der Waals surface area contributed by atoms with E-state index >= 15 is 0 Å². The van der Waals surface area contributed by atoms with Crippen LogP contribution in [0.5, 0.6) is 11.5 Å². The van der Waals surface area contributed by atoms with E-state index in [-0.39, 0.29) is 17.5 Å². The molecule has 0 aliphatic rings. The third-order valence-corrected chi connectivity index (χ3v) is 2.21. The van der Waals surface area contributed by atoms with Gasteiger partial charge in [0.25, 0.3) is 0 Å². The van der Waals surface area contributed by atoms with Crippen LogP contribution in [0.25, 0.3) is 0 Å². The van der Waals surface area contributed by atoms with Crippen LogP contribution in [0, 0.1) is 12.3 Å². The maximum atomic E-state index is 9.58. The van der Waals surface area contributed by atoms with Crippen molar-refractivity contribution in [2.75, 3.05) is 6.54 Å². The van der Waals surface area contributed by atoms with Crippen LogP contribution >= 0.6 is 0 Å². The van der Waals surface area contributed by atoms with Gasteiger partial charge in [-0.1, -0.05) is 6.07 Å². The molecule has 0 radical (unpaired) electrons. The third kappa shape index (κ3) is 2.90. The second-order valence-electron chi connectivity index (χ2n) is 3.34. The van der Waals surface area contributed by atoms with Crippen molar-refractivity contribution < 1.29 is 10.2 Å². The number of phenolic OH excluding ortho intramolecular Hbond substituents is 2. The average Bonchev–Trinajstić information content (AvgIpc) is 2.18. The number of rotatable bonds is 4. The lowest BCUT2D eigenvalue weighted by Crippen LogP contribution is -2.19. The van der Waals surface area contributed by atoms with Gasteiger partial charge in [-0.3, -0.25) is 0 Å². The van der Waals surface area contributed by atoms with Crippen molar-refractivity contribution in [2.45, 2.75) is 19.4 Å². The number of hydrogen-bond donors (Lipinski definition) is 3. The van der Waals surface area contributed by atoms with E-state index in [0.717, 1.165) is 0 Å². The third-order valence-electron chi connectivity index (χ3n) is 2.21. The molecule has 3 nitrogen and oxygen atoms in total. The fourth-order valence-electron chi connectivity index (χ4n) is 1.45. The first-order valence-electron chi connectivity index (χ1n) is 4.84. The Morgan fingerprint density at radius 2 is 2.00 bits per heavy atom. The topological polar surface area (TPSA) is 52.5 Å². The summed E-state index contributed by atoms with van der Waals surface area (Å²) in [4.78, 5) is 0. The van der Waals surface area contributed by atoms with Gasteiger partial charge in [-0.2, -0.15) is 0 Å². The Bertz CT molecular complexity index is 348. The summed E-state index contributed by atoms with van der Waals surface area (Å²) in [5, 5.41) is 22.3. The zero-order valence-electron chi connectivity index (χ0n) is 8.70. The molecule has 1 aromatic rings. The molecule has 3 heteroatoms. The molecule has 0 spiro atoms. The van der Waals surface area contributed by atoms with E-state index in [1.807, 2.05) is 6.92 Å². The lowest BCUT2D eigenvalue weighted by molar-refractivity contribution is 0.420. The van der Waals surface area contributed by atoms with Crippen LogP contribution in [0.4, 0.5) is 0 Å². The Balaban J connectivity index is 2.73. The van der Waals surface area contributed by atoms with Crippen LogP contribution in [-0.4, -0.2) is 16.8 Å². The molecule has 0 amide bonds. The van der Waals surface area contributed by atoms with Crippen LogP contribution in [0.3, 0.4) is 0 Å². The summed E-state index contributed by atoms with van der Waals surface area (Å²) in [6.07, 6.45) is 5.75. The molecule has 0 bridgehead atoms.